The molecule has 1 nitrogen and oxygen atoms in total. The minimum Gasteiger partial charge on any atom is -0.327 e. The molecule has 0 aliphatic heterocycles. The molecular formula is C9H17N. The van der Waals surface area contributed by atoms with Gasteiger partial charge in [0.25, 0.3) is 0 Å². The van der Waals surface area contributed by atoms with E-state index in [1.54, 1.807) is 0 Å². The van der Waals surface area contributed by atoms with Crippen molar-refractivity contribution < 1.29 is 0 Å². The normalized spacial score (nSPS) is 52.2. The summed E-state index contributed by atoms with van der Waals surface area (Å²) in [6, 6.07) is 0.559. The van der Waals surface area contributed by atoms with Crippen molar-refractivity contribution in [1.82, 2.24) is 0 Å². The van der Waals surface area contributed by atoms with Crippen molar-refractivity contribution in [3.8, 4) is 0 Å². The van der Waals surface area contributed by atoms with Gasteiger partial charge in [0.05, 0.1) is 0 Å². The first kappa shape index (κ1) is 6.66. The van der Waals surface area contributed by atoms with Crippen molar-refractivity contribution in [2.75, 3.05) is 0 Å². The van der Waals surface area contributed by atoms with Gasteiger partial charge in [-0.2, -0.15) is 0 Å². The lowest BCUT2D eigenvalue weighted by atomic mass is 9.83. The molecule has 2 bridgehead atoms. The molecule has 0 unspecified atom stereocenters. The van der Waals surface area contributed by atoms with Crippen molar-refractivity contribution in [2.45, 2.75) is 38.6 Å². The number of hydrogen-bond acceptors (Lipinski definition) is 1. The number of fused-ring (bicyclic) bond motifs is 2. The van der Waals surface area contributed by atoms with Gasteiger partial charge in [0, 0.05) is 6.04 Å². The summed E-state index contributed by atoms with van der Waals surface area (Å²) in [7, 11) is 0. The second kappa shape index (κ2) is 2.23. The van der Waals surface area contributed by atoms with Crippen LogP contribution in [0.1, 0.15) is 32.6 Å². The van der Waals surface area contributed by atoms with Gasteiger partial charge in [0.1, 0.15) is 0 Å². The summed E-state index contributed by atoms with van der Waals surface area (Å²) in [6.45, 7) is 2.28. The molecule has 10 heavy (non-hydrogen) atoms. The maximum Gasteiger partial charge on any atom is 0.00982 e. The van der Waals surface area contributed by atoms with Crippen molar-refractivity contribution in [3.63, 3.8) is 0 Å². The Bertz CT molecular complexity index is 131. The summed E-state index contributed by atoms with van der Waals surface area (Å²) in [5, 5.41) is 0. The van der Waals surface area contributed by atoms with Crippen LogP contribution in [0, 0.1) is 17.8 Å². The highest BCUT2D eigenvalue weighted by Gasteiger charge is 2.44. The minimum absolute atomic E-state index is 0.559. The Balaban J connectivity index is 2.10. The lowest BCUT2D eigenvalue weighted by Crippen LogP contribution is -2.35. The average molecular weight is 139 g/mol. The minimum atomic E-state index is 0.559. The zero-order chi connectivity index (χ0) is 7.14. The molecule has 0 saturated heterocycles. The van der Waals surface area contributed by atoms with Crippen LogP contribution in [-0.2, 0) is 0 Å². The second-order valence-electron chi connectivity index (χ2n) is 3.98. The molecule has 58 valence electrons. The summed E-state index contributed by atoms with van der Waals surface area (Å²) < 4.78 is 0. The van der Waals surface area contributed by atoms with Crippen LogP contribution in [0.2, 0.25) is 0 Å². The number of nitrogens with two attached hydrogens (primary N) is 1. The van der Waals surface area contributed by atoms with Gasteiger partial charge < -0.3 is 5.73 Å². The Morgan fingerprint density at radius 2 is 2.00 bits per heavy atom. The van der Waals surface area contributed by atoms with Gasteiger partial charge in [-0.3, -0.25) is 0 Å². The Labute approximate surface area is 63.0 Å². The molecule has 0 heterocycles. The summed E-state index contributed by atoms with van der Waals surface area (Å²) in [6.07, 6.45) is 5.64. The molecule has 0 aromatic rings. The zero-order valence-corrected chi connectivity index (χ0v) is 6.72. The summed E-state index contributed by atoms with van der Waals surface area (Å²) in [5.74, 6) is 2.78. The van der Waals surface area contributed by atoms with Gasteiger partial charge in [0.2, 0.25) is 0 Å². The predicted octanol–water partition coefficient (Wildman–Crippen LogP) is 1.77. The molecule has 0 aromatic heterocycles. The van der Waals surface area contributed by atoms with E-state index in [4.69, 9.17) is 5.73 Å². The van der Waals surface area contributed by atoms with Gasteiger partial charge in [0.15, 0.2) is 0 Å². The van der Waals surface area contributed by atoms with Crippen LogP contribution in [0.25, 0.3) is 0 Å². The van der Waals surface area contributed by atoms with E-state index in [0.29, 0.717) is 6.04 Å². The van der Waals surface area contributed by atoms with Crippen molar-refractivity contribution in [3.05, 3.63) is 0 Å². The monoisotopic (exact) mass is 139 g/mol. The van der Waals surface area contributed by atoms with E-state index < -0.39 is 0 Å². The Morgan fingerprint density at radius 3 is 2.40 bits per heavy atom. The molecule has 2 aliphatic carbocycles. The van der Waals surface area contributed by atoms with Crippen LogP contribution in [-0.4, -0.2) is 6.04 Å². The fourth-order valence-corrected chi connectivity index (χ4v) is 3.06. The van der Waals surface area contributed by atoms with E-state index >= 15 is 0 Å². The van der Waals surface area contributed by atoms with Crippen LogP contribution in [0.4, 0.5) is 0 Å². The summed E-state index contributed by atoms with van der Waals surface area (Å²) in [4.78, 5) is 0. The zero-order valence-electron chi connectivity index (χ0n) is 6.72. The molecule has 2 fully saturated rings. The van der Waals surface area contributed by atoms with E-state index in [1.807, 2.05) is 0 Å². The summed E-state index contributed by atoms with van der Waals surface area (Å²) in [5.41, 5.74) is 6.07. The molecule has 0 spiro atoms. The van der Waals surface area contributed by atoms with E-state index in [1.165, 1.54) is 25.7 Å². The molecular weight excluding hydrogens is 122 g/mol. The Morgan fingerprint density at radius 1 is 1.30 bits per heavy atom. The fraction of sp³-hybridized carbons (Fsp3) is 1.00. The third kappa shape index (κ3) is 0.731. The van der Waals surface area contributed by atoms with Gasteiger partial charge >= 0.3 is 0 Å². The fourth-order valence-electron chi connectivity index (χ4n) is 3.06. The predicted molar refractivity (Wildman–Crippen MR) is 42.6 cm³/mol. The first-order chi connectivity index (χ1) is 4.83. The van der Waals surface area contributed by atoms with Crippen LogP contribution in [0.5, 0.6) is 0 Å². The van der Waals surface area contributed by atoms with E-state index in [-0.39, 0.29) is 0 Å². The van der Waals surface area contributed by atoms with Crippen LogP contribution < -0.4 is 5.73 Å². The van der Waals surface area contributed by atoms with Crippen LogP contribution in [0.3, 0.4) is 0 Å². The molecule has 0 radical (unpaired) electrons. The Kier molecular flexibility index (Phi) is 1.48. The molecule has 1 heteroatoms. The quantitative estimate of drug-likeness (QED) is 0.588. The lowest BCUT2D eigenvalue weighted by molar-refractivity contribution is 0.281. The highest BCUT2D eigenvalue weighted by Crippen LogP contribution is 2.48. The number of rotatable bonds is 1. The van der Waals surface area contributed by atoms with E-state index in [2.05, 4.69) is 6.92 Å². The third-order valence-electron chi connectivity index (χ3n) is 3.63. The van der Waals surface area contributed by atoms with Gasteiger partial charge in [-0.05, 0) is 37.0 Å². The van der Waals surface area contributed by atoms with E-state index in [9.17, 15) is 0 Å². The van der Waals surface area contributed by atoms with Gasteiger partial charge in [-0.25, -0.2) is 0 Å². The van der Waals surface area contributed by atoms with Gasteiger partial charge in [-0.1, -0.05) is 13.3 Å². The molecule has 4 atom stereocenters. The largest absolute Gasteiger partial charge is 0.327 e. The topological polar surface area (TPSA) is 26.0 Å². The molecule has 2 aliphatic rings. The Hall–Kier alpha value is -0.0400. The first-order valence-electron chi connectivity index (χ1n) is 4.58. The highest BCUT2D eigenvalue weighted by molar-refractivity contribution is 4.98. The average Bonchev–Trinajstić information content (AvgIpc) is 2.46. The van der Waals surface area contributed by atoms with Gasteiger partial charge in [-0.15, -0.1) is 0 Å². The van der Waals surface area contributed by atoms with Crippen molar-refractivity contribution in [2.24, 2.45) is 23.5 Å². The molecule has 0 amide bonds. The third-order valence-corrected chi connectivity index (χ3v) is 3.63. The van der Waals surface area contributed by atoms with Crippen LogP contribution in [0.15, 0.2) is 0 Å². The van der Waals surface area contributed by atoms with Crippen molar-refractivity contribution in [1.29, 1.82) is 0 Å². The molecule has 2 saturated carbocycles. The SMILES string of the molecule is CC[C@@H]1[C@@H]2CC[C@@H](C2)[C@@H]1N. The maximum absolute atomic E-state index is 6.07. The summed E-state index contributed by atoms with van der Waals surface area (Å²) >= 11 is 0. The van der Waals surface area contributed by atoms with E-state index in [0.717, 1.165) is 17.8 Å². The molecule has 0 aromatic carbocycles. The number of hydrogen-bond donors (Lipinski definition) is 1. The smallest absolute Gasteiger partial charge is 0.00982 e. The lowest BCUT2D eigenvalue weighted by Gasteiger charge is -2.26. The highest BCUT2D eigenvalue weighted by atomic mass is 14.7. The first-order valence-corrected chi connectivity index (χ1v) is 4.58. The molecule has 2 N–H and O–H groups in total. The van der Waals surface area contributed by atoms with Crippen LogP contribution >= 0.6 is 0 Å². The standard InChI is InChI=1S/C9H17N/c1-2-8-6-3-4-7(5-6)9(8)10/h6-9H,2-5,10H2,1H3/t6-,7+,8-,9+/m1/s1. The van der Waals surface area contributed by atoms with Crippen molar-refractivity contribution >= 4 is 0 Å². The molecule has 2 rings (SSSR count). The second-order valence-corrected chi connectivity index (χ2v) is 3.98. The maximum atomic E-state index is 6.07.